The van der Waals surface area contributed by atoms with Crippen LogP contribution in [0.1, 0.15) is 37.7 Å². The summed E-state index contributed by atoms with van der Waals surface area (Å²) in [5, 5.41) is 8.16. The Labute approximate surface area is 137 Å². The third-order valence-electron chi connectivity index (χ3n) is 4.17. The maximum Gasteiger partial charge on any atom is 0.266 e. The van der Waals surface area contributed by atoms with Gasteiger partial charge in [0.25, 0.3) is 11.8 Å². The summed E-state index contributed by atoms with van der Waals surface area (Å²) in [4.78, 5) is 26.1. The van der Waals surface area contributed by atoms with Gasteiger partial charge in [-0.1, -0.05) is 17.3 Å². The third-order valence-corrected chi connectivity index (χ3v) is 4.17. The van der Waals surface area contributed by atoms with Crippen molar-refractivity contribution >= 4 is 17.5 Å². The van der Waals surface area contributed by atoms with E-state index in [9.17, 15) is 9.59 Å². The van der Waals surface area contributed by atoms with E-state index in [1.807, 2.05) is 13.8 Å². The maximum atomic E-state index is 12.5. The minimum Gasteiger partial charge on any atom is -0.361 e. The van der Waals surface area contributed by atoms with Crippen molar-refractivity contribution in [3.05, 3.63) is 64.8 Å². The highest BCUT2D eigenvalue weighted by Gasteiger charge is 2.36. The molecule has 0 unspecified atom stereocenters. The number of amides is 2. The van der Waals surface area contributed by atoms with Crippen molar-refractivity contribution in [2.75, 3.05) is 4.90 Å². The first-order valence-electron chi connectivity index (χ1n) is 7.48. The largest absolute Gasteiger partial charge is 0.361 e. The number of rotatable bonds is 3. The molecule has 24 heavy (non-hydrogen) atoms. The Kier molecular flexibility index (Phi) is 3.09. The van der Waals surface area contributed by atoms with Crippen molar-refractivity contribution in [2.24, 2.45) is 0 Å². The summed E-state index contributed by atoms with van der Waals surface area (Å²) in [5.74, 6) is 0.0743. The zero-order chi connectivity index (χ0) is 16.8. The minimum atomic E-state index is -0.326. The topological polar surface area (TPSA) is 81.2 Å². The fourth-order valence-corrected chi connectivity index (χ4v) is 2.87. The zero-order valence-corrected chi connectivity index (χ0v) is 13.2. The first-order chi connectivity index (χ1) is 11.6. The van der Waals surface area contributed by atoms with Crippen LogP contribution in [0, 0.1) is 13.8 Å². The zero-order valence-electron chi connectivity index (χ0n) is 13.2. The van der Waals surface area contributed by atoms with E-state index in [0.717, 1.165) is 21.9 Å². The van der Waals surface area contributed by atoms with Crippen LogP contribution in [0.25, 0.3) is 0 Å². The Balaban J connectivity index is 1.65. The van der Waals surface area contributed by atoms with Crippen molar-refractivity contribution in [3.63, 3.8) is 0 Å². The fraction of sp³-hybridized carbons (Fsp3) is 0.176. The summed E-state index contributed by atoms with van der Waals surface area (Å²) >= 11 is 0. The molecule has 0 aliphatic carbocycles. The molecule has 3 heterocycles. The average molecular weight is 322 g/mol. The number of carbonyl (C=O) groups is 2. The van der Waals surface area contributed by atoms with E-state index in [-0.39, 0.29) is 11.8 Å². The van der Waals surface area contributed by atoms with E-state index < -0.39 is 0 Å². The van der Waals surface area contributed by atoms with Crippen molar-refractivity contribution < 1.29 is 14.1 Å². The van der Waals surface area contributed by atoms with E-state index in [1.165, 1.54) is 6.20 Å². The molecule has 0 atom stereocenters. The van der Waals surface area contributed by atoms with Crippen molar-refractivity contribution in [2.45, 2.75) is 20.4 Å². The normalized spacial score (nSPS) is 13.7. The van der Waals surface area contributed by atoms with Gasteiger partial charge in [0.2, 0.25) is 0 Å². The molecular formula is C17H14N4O3. The van der Waals surface area contributed by atoms with Crippen LogP contribution in [-0.2, 0) is 6.54 Å². The molecule has 1 aliphatic heterocycles. The standard InChI is InChI=1S/C17H14N4O3/c1-10-15(11(2)24-19-10)9-20-8-12(7-18-20)21-16(22)13-5-3-4-6-14(13)17(21)23/h3-8H,9H2,1-2H3. The third kappa shape index (κ3) is 2.05. The number of carbonyl (C=O) groups excluding carboxylic acids is 2. The Bertz CT molecular complexity index is 915. The highest BCUT2D eigenvalue weighted by atomic mass is 16.5. The van der Waals surface area contributed by atoms with Crippen LogP contribution in [0.4, 0.5) is 5.69 Å². The summed E-state index contributed by atoms with van der Waals surface area (Å²) in [6, 6.07) is 6.80. The molecule has 0 spiro atoms. The number of fused-ring (bicyclic) bond motifs is 1. The van der Waals surface area contributed by atoms with Gasteiger partial charge in [-0.05, 0) is 26.0 Å². The molecule has 7 nitrogen and oxygen atoms in total. The van der Waals surface area contributed by atoms with Crippen molar-refractivity contribution in [1.82, 2.24) is 14.9 Å². The smallest absolute Gasteiger partial charge is 0.266 e. The molecule has 2 amide bonds. The van der Waals surface area contributed by atoms with E-state index in [1.54, 1.807) is 35.1 Å². The second-order valence-corrected chi connectivity index (χ2v) is 5.69. The predicted molar refractivity (Wildman–Crippen MR) is 84.9 cm³/mol. The van der Waals surface area contributed by atoms with Gasteiger partial charge < -0.3 is 4.52 Å². The Hall–Kier alpha value is -3.22. The summed E-state index contributed by atoms with van der Waals surface area (Å²) in [6.07, 6.45) is 3.19. The molecule has 0 bridgehead atoms. The van der Waals surface area contributed by atoms with Gasteiger partial charge in [-0.15, -0.1) is 0 Å². The second kappa shape index (κ2) is 5.16. The lowest BCUT2D eigenvalue weighted by Gasteiger charge is -2.10. The van der Waals surface area contributed by atoms with Gasteiger partial charge >= 0.3 is 0 Å². The minimum absolute atomic E-state index is 0.326. The van der Waals surface area contributed by atoms with E-state index in [4.69, 9.17) is 4.52 Å². The van der Waals surface area contributed by atoms with E-state index in [2.05, 4.69) is 10.3 Å². The molecule has 0 saturated heterocycles. The number of anilines is 1. The molecule has 0 saturated carbocycles. The lowest BCUT2D eigenvalue weighted by Crippen LogP contribution is -2.28. The number of hydrogen-bond acceptors (Lipinski definition) is 5. The van der Waals surface area contributed by atoms with Gasteiger partial charge in [-0.25, -0.2) is 4.90 Å². The fourth-order valence-electron chi connectivity index (χ4n) is 2.87. The molecule has 1 aromatic carbocycles. The first-order valence-corrected chi connectivity index (χ1v) is 7.48. The van der Waals surface area contributed by atoms with Crippen LogP contribution < -0.4 is 4.90 Å². The van der Waals surface area contributed by atoms with Crippen LogP contribution in [0.3, 0.4) is 0 Å². The van der Waals surface area contributed by atoms with Gasteiger partial charge in [-0.2, -0.15) is 5.10 Å². The number of imide groups is 1. The summed E-state index contributed by atoms with van der Waals surface area (Å²) < 4.78 is 6.80. The van der Waals surface area contributed by atoms with Crippen LogP contribution >= 0.6 is 0 Å². The average Bonchev–Trinajstić information content (AvgIpc) is 3.23. The lowest BCUT2D eigenvalue weighted by molar-refractivity contribution is 0.0926. The molecule has 0 N–H and O–H groups in total. The quantitative estimate of drug-likeness (QED) is 0.691. The monoisotopic (exact) mass is 322 g/mol. The van der Waals surface area contributed by atoms with Crippen LogP contribution in [0.15, 0.2) is 41.2 Å². The molecule has 1 aliphatic rings. The second-order valence-electron chi connectivity index (χ2n) is 5.69. The highest BCUT2D eigenvalue weighted by molar-refractivity contribution is 6.34. The van der Waals surface area contributed by atoms with Crippen molar-refractivity contribution in [1.29, 1.82) is 0 Å². The first kappa shape index (κ1) is 14.4. The number of aromatic nitrogens is 3. The van der Waals surface area contributed by atoms with E-state index in [0.29, 0.717) is 23.4 Å². The molecule has 3 aromatic rings. The Morgan fingerprint density at radius 1 is 1.08 bits per heavy atom. The van der Waals surface area contributed by atoms with Crippen LogP contribution in [0.2, 0.25) is 0 Å². The Morgan fingerprint density at radius 3 is 2.33 bits per heavy atom. The summed E-state index contributed by atoms with van der Waals surface area (Å²) in [7, 11) is 0. The highest BCUT2D eigenvalue weighted by Crippen LogP contribution is 2.28. The number of benzene rings is 1. The molecular weight excluding hydrogens is 308 g/mol. The van der Waals surface area contributed by atoms with Crippen molar-refractivity contribution in [3.8, 4) is 0 Å². The van der Waals surface area contributed by atoms with Crippen LogP contribution in [-0.4, -0.2) is 26.8 Å². The molecule has 0 radical (unpaired) electrons. The van der Waals surface area contributed by atoms with Crippen LogP contribution in [0.5, 0.6) is 0 Å². The van der Waals surface area contributed by atoms with Gasteiger partial charge in [0, 0.05) is 11.8 Å². The van der Waals surface area contributed by atoms with Gasteiger partial charge in [-0.3, -0.25) is 14.3 Å². The Morgan fingerprint density at radius 2 is 1.75 bits per heavy atom. The van der Waals surface area contributed by atoms with Gasteiger partial charge in [0.05, 0.1) is 35.2 Å². The maximum absolute atomic E-state index is 12.5. The molecule has 4 rings (SSSR count). The summed E-state index contributed by atoms with van der Waals surface area (Å²) in [5.41, 5.74) is 3.02. The number of aryl methyl sites for hydroxylation is 2. The summed E-state index contributed by atoms with van der Waals surface area (Å²) in [6.45, 7) is 4.16. The lowest BCUT2D eigenvalue weighted by atomic mass is 10.1. The number of hydrogen-bond donors (Lipinski definition) is 0. The van der Waals surface area contributed by atoms with E-state index >= 15 is 0 Å². The molecule has 7 heteroatoms. The van der Waals surface area contributed by atoms with Gasteiger partial charge in [0.1, 0.15) is 5.76 Å². The molecule has 0 fully saturated rings. The molecule has 2 aromatic heterocycles. The molecule has 120 valence electrons. The SMILES string of the molecule is Cc1noc(C)c1Cn1cc(N2C(=O)c3ccccc3C2=O)cn1. The number of nitrogens with zero attached hydrogens (tertiary/aromatic N) is 4. The predicted octanol–water partition coefficient (Wildman–Crippen LogP) is 2.34. The van der Waals surface area contributed by atoms with Gasteiger partial charge in [0.15, 0.2) is 0 Å².